The van der Waals surface area contributed by atoms with Crippen molar-refractivity contribution >= 4 is 5.69 Å². The van der Waals surface area contributed by atoms with E-state index in [0.717, 1.165) is 0 Å². The van der Waals surface area contributed by atoms with E-state index in [1.807, 2.05) is 0 Å². The molecule has 0 bridgehead atoms. The molecule has 1 aromatic rings. The monoisotopic (exact) mass is 209 g/mol. The fraction of sp³-hybridized carbons (Fsp3) is 0. The number of nitrogen functional groups attached to an aromatic ring is 1. The molecule has 13 heavy (non-hydrogen) atoms. The Bertz CT molecular complexity index is 234. The van der Waals surface area contributed by atoms with Gasteiger partial charge >= 0.3 is 0 Å². The van der Waals surface area contributed by atoms with Gasteiger partial charge < -0.3 is 10.8 Å². The minimum Gasteiger partial charge on any atom is -0.506 e. The van der Waals surface area contributed by atoms with E-state index < -0.39 is 10.2 Å². The van der Waals surface area contributed by atoms with Gasteiger partial charge in [-0.2, -0.15) is 14.0 Å². The predicted octanol–water partition coefficient (Wildman–Crippen LogP) is -3.15. The number of para-hydroxylation sites is 2. The van der Waals surface area contributed by atoms with E-state index in [1.54, 1.807) is 24.3 Å². The van der Waals surface area contributed by atoms with Gasteiger partial charge in [0, 0.05) is 0 Å². The lowest BCUT2D eigenvalue weighted by molar-refractivity contribution is -1.92. The lowest BCUT2D eigenvalue weighted by atomic mass is 10.3. The number of nitrogens with two attached hydrogens (primary N) is 1. The van der Waals surface area contributed by atoms with Gasteiger partial charge in [0.1, 0.15) is 5.75 Å². The number of anilines is 1. The summed E-state index contributed by atoms with van der Waals surface area (Å²) in [7, 11) is -4.69. The minimum atomic E-state index is -4.69. The summed E-state index contributed by atoms with van der Waals surface area (Å²) in [5.41, 5.74) is 5.69. The summed E-state index contributed by atoms with van der Waals surface area (Å²) >= 11 is 0. The summed E-state index contributed by atoms with van der Waals surface area (Å²) in [5.74, 6) is 0.146. The topological polar surface area (TPSA) is 136 Å². The predicted molar refractivity (Wildman–Crippen MR) is 34.7 cm³/mol. The lowest BCUT2D eigenvalue weighted by Gasteiger charge is -2.03. The number of rotatable bonds is 0. The maximum atomic E-state index is 8.79. The molecular formula is C6H8ClNO5. The first-order valence-electron chi connectivity index (χ1n) is 2.97. The molecule has 0 spiro atoms. The van der Waals surface area contributed by atoms with Crippen LogP contribution in [0.3, 0.4) is 0 Å². The maximum absolute atomic E-state index is 8.79. The molecule has 0 aromatic heterocycles. The van der Waals surface area contributed by atoms with Crippen molar-refractivity contribution in [2.75, 3.05) is 5.73 Å². The van der Waals surface area contributed by atoms with Crippen LogP contribution in [0.2, 0.25) is 0 Å². The summed E-state index contributed by atoms with van der Waals surface area (Å²) in [6.07, 6.45) is 0. The van der Waals surface area contributed by atoms with Crippen LogP contribution < -0.4 is 19.7 Å². The van der Waals surface area contributed by atoms with Crippen molar-refractivity contribution in [2.45, 2.75) is 0 Å². The lowest BCUT2D eigenvalue weighted by Crippen LogP contribution is -2.58. The zero-order valence-electron chi connectivity index (χ0n) is 6.38. The van der Waals surface area contributed by atoms with E-state index in [2.05, 4.69) is 0 Å². The van der Waals surface area contributed by atoms with Gasteiger partial charge in [-0.15, -0.1) is 0 Å². The van der Waals surface area contributed by atoms with Gasteiger partial charge in [-0.05, 0) is 12.1 Å². The summed E-state index contributed by atoms with van der Waals surface area (Å²) < 4.78 is 32.7. The van der Waals surface area contributed by atoms with E-state index in [4.69, 9.17) is 29.5 Å². The molecule has 0 aliphatic heterocycles. The third-order valence-corrected chi connectivity index (χ3v) is 0.937. The Morgan fingerprint density at radius 3 is 1.77 bits per heavy atom. The fourth-order valence-electron chi connectivity index (χ4n) is 0.488. The van der Waals surface area contributed by atoms with Crippen LogP contribution in [0.5, 0.6) is 5.75 Å². The number of hydrogen-bond donors (Lipinski definition) is 3. The Labute approximate surface area is 76.2 Å². The summed E-state index contributed by atoms with van der Waals surface area (Å²) in [6, 6.07) is 6.70. The summed E-state index contributed by atoms with van der Waals surface area (Å²) in [6.45, 7) is 0. The van der Waals surface area contributed by atoms with Gasteiger partial charge in [0.25, 0.3) is 0 Å². The average molecular weight is 210 g/mol. The molecule has 1 rings (SSSR count). The standard InChI is InChI=1S/C6H7NO.ClHO4/c7-5-3-1-2-4-6(5)8;2-1(3,4)5/h1-4,8H,7H2;(H,2,3,4,5). The van der Waals surface area contributed by atoms with E-state index in [9.17, 15) is 0 Å². The van der Waals surface area contributed by atoms with Crippen molar-refractivity contribution in [1.29, 1.82) is 0 Å². The van der Waals surface area contributed by atoms with Crippen LogP contribution in [0.1, 0.15) is 0 Å². The van der Waals surface area contributed by atoms with Crippen LogP contribution in [0.25, 0.3) is 0 Å². The first-order valence-corrected chi connectivity index (χ1v) is 4.24. The third-order valence-electron chi connectivity index (χ3n) is 0.937. The molecule has 0 atom stereocenters. The highest BCUT2D eigenvalue weighted by Gasteiger charge is 1.98. The zero-order valence-corrected chi connectivity index (χ0v) is 7.14. The van der Waals surface area contributed by atoms with E-state index in [-0.39, 0.29) is 5.75 Å². The molecule has 7 heteroatoms. The van der Waals surface area contributed by atoms with Crippen molar-refractivity contribution in [3.8, 4) is 5.75 Å². The molecule has 0 saturated heterocycles. The van der Waals surface area contributed by atoms with Crippen LogP contribution in [0, 0.1) is 10.2 Å². The third kappa shape index (κ3) is 8.86. The number of aromatic hydroxyl groups is 1. The van der Waals surface area contributed by atoms with Crippen molar-refractivity contribution in [1.82, 2.24) is 0 Å². The highest BCUT2D eigenvalue weighted by atomic mass is 35.7. The van der Waals surface area contributed by atoms with Gasteiger partial charge in [0.15, 0.2) is 0 Å². The number of benzene rings is 1. The van der Waals surface area contributed by atoms with Gasteiger partial charge in [0.05, 0.1) is 20.6 Å². The molecule has 4 N–H and O–H groups in total. The summed E-state index contributed by atoms with van der Waals surface area (Å²) in [5, 5.41) is 8.79. The molecule has 0 heterocycles. The zero-order chi connectivity index (χ0) is 10.5. The maximum Gasteiger partial charge on any atom is 0.138 e. The van der Waals surface area contributed by atoms with Gasteiger partial charge in [-0.25, -0.2) is 0 Å². The number of phenols is 1. The highest BCUT2D eigenvalue weighted by Crippen LogP contribution is 2.16. The molecule has 0 aliphatic rings. The van der Waals surface area contributed by atoms with E-state index >= 15 is 0 Å². The molecule has 0 fully saturated rings. The normalized spacial score (nSPS) is 10.2. The Morgan fingerprint density at radius 1 is 1.15 bits per heavy atom. The largest absolute Gasteiger partial charge is 0.506 e. The molecular weight excluding hydrogens is 202 g/mol. The van der Waals surface area contributed by atoms with Crippen LogP contribution in [0.4, 0.5) is 5.69 Å². The first kappa shape index (κ1) is 11.9. The molecule has 0 amide bonds. The molecule has 6 nitrogen and oxygen atoms in total. The Hall–Kier alpha value is -1.05. The molecule has 0 saturated carbocycles. The second-order valence-corrected chi connectivity index (χ2v) is 2.75. The molecule has 0 aliphatic carbocycles. The van der Waals surface area contributed by atoms with Gasteiger partial charge in [-0.1, -0.05) is 12.1 Å². The molecule has 0 unspecified atom stereocenters. The number of halogens is 1. The van der Waals surface area contributed by atoms with Gasteiger partial charge in [0.2, 0.25) is 0 Å². The fourth-order valence-corrected chi connectivity index (χ4v) is 0.488. The smallest absolute Gasteiger partial charge is 0.138 e. The van der Waals surface area contributed by atoms with E-state index in [0.29, 0.717) is 5.69 Å². The SMILES string of the molecule is Nc1ccccc1O.[O-][Cl+3]([O-])([O-])O. The Kier molecular flexibility index (Phi) is 4.46. The Morgan fingerprint density at radius 2 is 1.54 bits per heavy atom. The van der Waals surface area contributed by atoms with Crippen molar-refractivity contribution < 1.29 is 34.0 Å². The minimum absolute atomic E-state index is 0.146. The van der Waals surface area contributed by atoms with Crippen molar-refractivity contribution in [2.24, 2.45) is 0 Å². The van der Waals surface area contributed by atoms with Crippen LogP contribution in [0.15, 0.2) is 24.3 Å². The quantitative estimate of drug-likeness (QED) is 0.305. The van der Waals surface area contributed by atoms with Gasteiger partial charge in [-0.3, -0.25) is 0 Å². The second-order valence-electron chi connectivity index (χ2n) is 1.95. The Balaban J connectivity index is 0.000000252. The first-order chi connectivity index (χ1) is 5.80. The molecule has 1 aromatic carbocycles. The second kappa shape index (κ2) is 4.85. The van der Waals surface area contributed by atoms with Crippen LogP contribution >= 0.6 is 0 Å². The van der Waals surface area contributed by atoms with Crippen molar-refractivity contribution in [3.05, 3.63) is 24.3 Å². The average Bonchev–Trinajstić information content (AvgIpc) is 1.92. The number of phenolic OH excluding ortho intramolecular Hbond substituents is 1. The van der Waals surface area contributed by atoms with E-state index in [1.165, 1.54) is 0 Å². The van der Waals surface area contributed by atoms with Crippen molar-refractivity contribution in [3.63, 3.8) is 0 Å². The summed E-state index contributed by atoms with van der Waals surface area (Å²) in [4.78, 5) is 0. The van der Waals surface area contributed by atoms with Crippen LogP contribution in [-0.4, -0.2) is 9.77 Å². The molecule has 0 radical (unpaired) electrons. The highest BCUT2D eigenvalue weighted by molar-refractivity contribution is 5.50. The molecule has 74 valence electrons. The number of hydrogen-bond acceptors (Lipinski definition) is 6. The van der Waals surface area contributed by atoms with Crippen LogP contribution in [-0.2, 0) is 0 Å².